The number of H-pyrrole nitrogens is 1. The quantitative estimate of drug-likeness (QED) is 0.877. The maximum atomic E-state index is 12.2. The number of aromatic nitrogens is 4. The number of carbonyl (C=O) groups excluding carboxylic acids is 1. The van der Waals surface area contributed by atoms with Crippen LogP contribution >= 0.6 is 0 Å². The van der Waals surface area contributed by atoms with Crippen LogP contribution in [0.1, 0.15) is 26.1 Å². The molecule has 114 valence electrons. The number of nitrogens with zero attached hydrogens (tertiary/aromatic N) is 4. The van der Waals surface area contributed by atoms with Crippen LogP contribution in [0.5, 0.6) is 0 Å². The van der Waals surface area contributed by atoms with Crippen molar-refractivity contribution in [2.75, 3.05) is 0 Å². The number of carbonyl (C=O) groups is 1. The average molecular weight is 300 g/mol. The molecule has 0 aromatic carbocycles. The molecule has 3 heterocycles. The fourth-order valence-electron chi connectivity index (χ4n) is 2.21. The largest absolute Gasteiger partial charge is 0.379 e. The van der Waals surface area contributed by atoms with Gasteiger partial charge in [0.1, 0.15) is 5.82 Å². The van der Waals surface area contributed by atoms with Crippen molar-refractivity contribution in [3.8, 4) is 11.4 Å². The Morgan fingerprint density at radius 2 is 2.23 bits per heavy atom. The van der Waals surface area contributed by atoms with Gasteiger partial charge in [-0.15, -0.1) is 0 Å². The van der Waals surface area contributed by atoms with E-state index in [2.05, 4.69) is 30.6 Å². The second kappa shape index (κ2) is 5.55. The molecular weight excluding hydrogens is 284 g/mol. The molecule has 0 fully saturated rings. The lowest BCUT2D eigenvalue weighted by Crippen LogP contribution is -2.44. The Hall–Kier alpha value is -2.77. The van der Waals surface area contributed by atoms with E-state index >= 15 is 0 Å². The summed E-state index contributed by atoms with van der Waals surface area (Å²) in [7, 11) is 0. The SMILES string of the molecule is CC1=NO[C@@](C)(C(=O)NCc2nc(-c3ccncc3)n[nH]2)C1. The maximum Gasteiger partial charge on any atom is 0.267 e. The van der Waals surface area contributed by atoms with Crippen molar-refractivity contribution in [2.24, 2.45) is 5.16 Å². The molecule has 3 rings (SSSR count). The minimum absolute atomic E-state index is 0.227. The summed E-state index contributed by atoms with van der Waals surface area (Å²) in [5, 5.41) is 13.5. The Bertz CT molecular complexity index is 711. The third kappa shape index (κ3) is 2.80. The average Bonchev–Trinajstić information content (AvgIpc) is 3.13. The lowest BCUT2D eigenvalue weighted by molar-refractivity contribution is -0.141. The highest BCUT2D eigenvalue weighted by Crippen LogP contribution is 2.23. The topological polar surface area (TPSA) is 105 Å². The van der Waals surface area contributed by atoms with E-state index in [1.54, 1.807) is 19.3 Å². The van der Waals surface area contributed by atoms with Crippen LogP contribution in [0, 0.1) is 0 Å². The number of amides is 1. The number of rotatable bonds is 4. The van der Waals surface area contributed by atoms with Gasteiger partial charge in [0.2, 0.25) is 5.60 Å². The molecular formula is C14H16N6O2. The second-order valence-electron chi connectivity index (χ2n) is 5.35. The van der Waals surface area contributed by atoms with Crippen molar-refractivity contribution in [1.29, 1.82) is 0 Å². The Labute approximate surface area is 127 Å². The standard InChI is InChI=1S/C14H16N6O2/c1-9-7-14(2,22-20-9)13(21)16-8-11-17-12(19-18-11)10-3-5-15-6-4-10/h3-6H,7-8H2,1-2H3,(H,16,21)(H,17,18,19)/t14-/m1/s1. The highest BCUT2D eigenvalue weighted by atomic mass is 16.7. The van der Waals surface area contributed by atoms with Crippen molar-refractivity contribution in [3.63, 3.8) is 0 Å². The lowest BCUT2D eigenvalue weighted by atomic mass is 9.99. The van der Waals surface area contributed by atoms with Gasteiger partial charge in [-0.25, -0.2) is 4.98 Å². The summed E-state index contributed by atoms with van der Waals surface area (Å²) in [5.74, 6) is 0.906. The van der Waals surface area contributed by atoms with Crippen molar-refractivity contribution in [1.82, 2.24) is 25.5 Å². The predicted molar refractivity (Wildman–Crippen MR) is 78.7 cm³/mol. The summed E-state index contributed by atoms with van der Waals surface area (Å²) in [4.78, 5) is 25.7. The fraction of sp³-hybridized carbons (Fsp3) is 0.357. The first-order chi connectivity index (χ1) is 10.6. The summed E-state index contributed by atoms with van der Waals surface area (Å²) < 4.78 is 0. The molecule has 2 N–H and O–H groups in total. The number of pyridine rings is 1. The highest BCUT2D eigenvalue weighted by Gasteiger charge is 2.40. The van der Waals surface area contributed by atoms with Crippen LogP contribution in [0.4, 0.5) is 0 Å². The van der Waals surface area contributed by atoms with E-state index in [0.29, 0.717) is 18.1 Å². The lowest BCUT2D eigenvalue weighted by Gasteiger charge is -2.19. The first-order valence-corrected chi connectivity index (χ1v) is 6.88. The molecule has 8 nitrogen and oxygen atoms in total. The summed E-state index contributed by atoms with van der Waals surface area (Å²) >= 11 is 0. The van der Waals surface area contributed by atoms with E-state index in [-0.39, 0.29) is 12.5 Å². The van der Waals surface area contributed by atoms with Crippen LogP contribution in [0.15, 0.2) is 29.7 Å². The van der Waals surface area contributed by atoms with Gasteiger partial charge in [0, 0.05) is 24.4 Å². The van der Waals surface area contributed by atoms with Gasteiger partial charge >= 0.3 is 0 Å². The minimum Gasteiger partial charge on any atom is -0.379 e. The van der Waals surface area contributed by atoms with E-state index in [9.17, 15) is 4.79 Å². The normalized spacial score (nSPS) is 20.4. The molecule has 0 radical (unpaired) electrons. The van der Waals surface area contributed by atoms with Crippen LogP contribution in [0.3, 0.4) is 0 Å². The summed E-state index contributed by atoms with van der Waals surface area (Å²) in [6, 6.07) is 3.64. The number of hydrogen-bond acceptors (Lipinski definition) is 6. The molecule has 1 atom stereocenters. The molecule has 2 aromatic rings. The van der Waals surface area contributed by atoms with Gasteiger partial charge in [-0.1, -0.05) is 5.16 Å². The summed E-state index contributed by atoms with van der Waals surface area (Å²) in [5.41, 5.74) is 0.717. The molecule has 22 heavy (non-hydrogen) atoms. The van der Waals surface area contributed by atoms with Crippen molar-refractivity contribution < 1.29 is 9.63 Å². The Balaban J connectivity index is 1.61. The predicted octanol–water partition coefficient (Wildman–Crippen LogP) is 1.04. The van der Waals surface area contributed by atoms with E-state index in [1.807, 2.05) is 19.1 Å². The molecule has 0 saturated carbocycles. The van der Waals surface area contributed by atoms with Gasteiger partial charge in [-0.3, -0.25) is 14.9 Å². The van der Waals surface area contributed by atoms with Crippen LogP contribution in [0.25, 0.3) is 11.4 Å². The van der Waals surface area contributed by atoms with Crippen LogP contribution in [-0.2, 0) is 16.2 Å². The number of oxime groups is 1. The molecule has 0 unspecified atom stereocenters. The van der Waals surface area contributed by atoms with Gasteiger partial charge in [-0.05, 0) is 26.0 Å². The molecule has 8 heteroatoms. The molecule has 0 bridgehead atoms. The van der Waals surface area contributed by atoms with Crippen LogP contribution in [0.2, 0.25) is 0 Å². The molecule has 0 aliphatic carbocycles. The number of hydrogen-bond donors (Lipinski definition) is 2. The maximum absolute atomic E-state index is 12.2. The van der Waals surface area contributed by atoms with Crippen molar-refractivity contribution in [2.45, 2.75) is 32.4 Å². The summed E-state index contributed by atoms with van der Waals surface area (Å²) in [6.07, 6.45) is 3.83. The summed E-state index contributed by atoms with van der Waals surface area (Å²) in [6.45, 7) is 3.79. The molecule has 1 aliphatic rings. The molecule has 1 amide bonds. The number of nitrogens with one attached hydrogen (secondary N) is 2. The Morgan fingerprint density at radius 1 is 1.45 bits per heavy atom. The number of aromatic amines is 1. The molecule has 2 aromatic heterocycles. The van der Waals surface area contributed by atoms with Crippen LogP contribution in [-0.4, -0.2) is 37.4 Å². The third-order valence-corrected chi connectivity index (χ3v) is 3.36. The Kier molecular flexibility index (Phi) is 3.58. The molecule has 0 spiro atoms. The van der Waals surface area contributed by atoms with Gasteiger partial charge in [-0.2, -0.15) is 5.10 Å². The van der Waals surface area contributed by atoms with Crippen LogP contribution < -0.4 is 5.32 Å². The van der Waals surface area contributed by atoms with Gasteiger partial charge in [0.25, 0.3) is 5.91 Å². The van der Waals surface area contributed by atoms with Gasteiger partial charge in [0.15, 0.2) is 5.82 Å². The van der Waals surface area contributed by atoms with Gasteiger partial charge in [0.05, 0.1) is 12.3 Å². The first-order valence-electron chi connectivity index (χ1n) is 6.88. The zero-order valence-electron chi connectivity index (χ0n) is 12.3. The fourth-order valence-corrected chi connectivity index (χ4v) is 2.21. The molecule has 0 saturated heterocycles. The van der Waals surface area contributed by atoms with E-state index in [0.717, 1.165) is 11.3 Å². The van der Waals surface area contributed by atoms with Crippen molar-refractivity contribution in [3.05, 3.63) is 30.4 Å². The monoisotopic (exact) mass is 300 g/mol. The Morgan fingerprint density at radius 3 is 2.91 bits per heavy atom. The molecule has 1 aliphatic heterocycles. The second-order valence-corrected chi connectivity index (χ2v) is 5.35. The van der Waals surface area contributed by atoms with E-state index in [4.69, 9.17) is 4.84 Å². The van der Waals surface area contributed by atoms with Crippen molar-refractivity contribution >= 4 is 11.6 Å². The zero-order valence-corrected chi connectivity index (χ0v) is 12.3. The minimum atomic E-state index is -0.946. The van der Waals surface area contributed by atoms with E-state index in [1.165, 1.54) is 0 Å². The smallest absolute Gasteiger partial charge is 0.267 e. The van der Waals surface area contributed by atoms with Gasteiger partial charge < -0.3 is 10.2 Å². The van der Waals surface area contributed by atoms with E-state index < -0.39 is 5.60 Å². The highest BCUT2D eigenvalue weighted by molar-refractivity contribution is 5.94. The first kappa shape index (κ1) is 14.2. The zero-order chi connectivity index (χ0) is 15.6. The third-order valence-electron chi connectivity index (χ3n) is 3.36.